The first-order valence-corrected chi connectivity index (χ1v) is 13.8. The molecule has 2 unspecified atom stereocenters. The zero-order valence-corrected chi connectivity index (χ0v) is 22.1. The van der Waals surface area contributed by atoms with Crippen molar-refractivity contribution in [3.05, 3.63) is 99.2 Å². The maximum atomic E-state index is 2.61. The van der Waals surface area contributed by atoms with E-state index in [2.05, 4.69) is 89.2 Å². The molecule has 0 spiro atoms. The largest absolute Gasteiger partial charge is 0.0640 e. The van der Waals surface area contributed by atoms with Crippen LogP contribution >= 0.6 is 0 Å². The Morgan fingerprint density at radius 1 is 0.743 bits per heavy atom. The highest BCUT2D eigenvalue weighted by Crippen LogP contribution is 2.56. The zero-order valence-electron chi connectivity index (χ0n) is 22.1. The van der Waals surface area contributed by atoms with Gasteiger partial charge in [0.05, 0.1) is 0 Å². The molecule has 35 heavy (non-hydrogen) atoms. The molecule has 5 aliphatic carbocycles. The van der Waals surface area contributed by atoms with Crippen LogP contribution in [0.3, 0.4) is 0 Å². The molecule has 0 radical (unpaired) electrons. The molecule has 0 heterocycles. The summed E-state index contributed by atoms with van der Waals surface area (Å²) in [6, 6.07) is 16.3. The van der Waals surface area contributed by atoms with Crippen LogP contribution in [0, 0.1) is 17.3 Å². The van der Waals surface area contributed by atoms with Gasteiger partial charge in [0.15, 0.2) is 0 Å². The molecule has 0 nitrogen and oxygen atoms in total. The second kappa shape index (κ2) is 7.22. The highest BCUT2D eigenvalue weighted by Gasteiger charge is 2.41. The number of hydrogen-bond donors (Lipinski definition) is 0. The number of rotatable bonds is 1. The molecule has 0 bridgehead atoms. The summed E-state index contributed by atoms with van der Waals surface area (Å²) in [6.45, 7) is 12.0. The van der Waals surface area contributed by atoms with Crippen molar-refractivity contribution in [2.24, 2.45) is 17.3 Å². The van der Waals surface area contributed by atoms with Crippen LogP contribution in [-0.4, -0.2) is 0 Å². The van der Waals surface area contributed by atoms with Gasteiger partial charge in [-0.3, -0.25) is 0 Å². The van der Waals surface area contributed by atoms with E-state index in [0.717, 1.165) is 11.8 Å². The number of benzene rings is 2. The zero-order chi connectivity index (χ0) is 24.1. The fourth-order valence-electron chi connectivity index (χ4n) is 7.93. The molecule has 2 atom stereocenters. The van der Waals surface area contributed by atoms with Crippen LogP contribution in [0.4, 0.5) is 0 Å². The molecule has 0 aliphatic heterocycles. The quantitative estimate of drug-likeness (QED) is 0.399. The van der Waals surface area contributed by atoms with Gasteiger partial charge in [0.1, 0.15) is 0 Å². The second-order valence-corrected chi connectivity index (χ2v) is 13.3. The van der Waals surface area contributed by atoms with E-state index in [1.54, 1.807) is 33.4 Å². The van der Waals surface area contributed by atoms with E-state index in [4.69, 9.17) is 0 Å². The van der Waals surface area contributed by atoms with Crippen molar-refractivity contribution in [3.8, 4) is 11.1 Å². The van der Waals surface area contributed by atoms with Crippen molar-refractivity contribution in [2.45, 2.75) is 78.6 Å². The monoisotopic (exact) mass is 458 g/mol. The Labute approximate surface area is 211 Å². The molecule has 7 rings (SSSR count). The Morgan fingerprint density at radius 2 is 1.40 bits per heavy atom. The number of hydrogen-bond acceptors (Lipinski definition) is 0. The van der Waals surface area contributed by atoms with Gasteiger partial charge in [-0.25, -0.2) is 0 Å². The summed E-state index contributed by atoms with van der Waals surface area (Å²) in [5.41, 5.74) is 17.8. The SMILES string of the molecule is CC(C)(C)C1=CC2=C3C4=C(C=C(c5ccc6c(c5)C(C)(C)c5ccccc5-6)CC4CC2)CCC3C1. The normalized spacial score (nSPS) is 26.1. The third-order valence-electron chi connectivity index (χ3n) is 9.87. The van der Waals surface area contributed by atoms with Crippen molar-refractivity contribution in [1.29, 1.82) is 0 Å². The van der Waals surface area contributed by atoms with Crippen molar-refractivity contribution in [3.63, 3.8) is 0 Å². The summed E-state index contributed by atoms with van der Waals surface area (Å²) < 4.78 is 0. The average Bonchev–Trinajstić information content (AvgIpc) is 3.08. The number of fused-ring (bicyclic) bond motifs is 3. The maximum Gasteiger partial charge on any atom is 0.0159 e. The molecular weight excluding hydrogens is 420 g/mol. The maximum absolute atomic E-state index is 2.61. The first kappa shape index (κ1) is 21.7. The van der Waals surface area contributed by atoms with E-state index in [1.807, 2.05) is 0 Å². The lowest BCUT2D eigenvalue weighted by Crippen LogP contribution is -2.30. The van der Waals surface area contributed by atoms with E-state index < -0.39 is 0 Å². The molecule has 0 saturated heterocycles. The smallest absolute Gasteiger partial charge is 0.0159 e. The Bertz CT molecular complexity index is 1390. The molecule has 2 aromatic rings. The molecular formula is C35H38. The number of allylic oxidation sites excluding steroid dienone is 8. The first-order valence-electron chi connectivity index (χ1n) is 13.8. The minimum absolute atomic E-state index is 0.0728. The third-order valence-corrected chi connectivity index (χ3v) is 9.87. The fourth-order valence-corrected chi connectivity index (χ4v) is 7.93. The van der Waals surface area contributed by atoms with E-state index >= 15 is 0 Å². The van der Waals surface area contributed by atoms with Crippen molar-refractivity contribution < 1.29 is 0 Å². The van der Waals surface area contributed by atoms with Crippen molar-refractivity contribution in [1.82, 2.24) is 0 Å². The van der Waals surface area contributed by atoms with Gasteiger partial charge in [-0.15, -0.1) is 0 Å². The molecule has 2 aromatic carbocycles. The fraction of sp³-hybridized carbons (Fsp3) is 0.429. The highest BCUT2D eigenvalue weighted by atomic mass is 14.4. The van der Waals surface area contributed by atoms with Gasteiger partial charge in [-0.1, -0.05) is 88.7 Å². The summed E-state index contributed by atoms with van der Waals surface area (Å²) >= 11 is 0. The summed E-state index contributed by atoms with van der Waals surface area (Å²) in [4.78, 5) is 0. The van der Waals surface area contributed by atoms with E-state index in [-0.39, 0.29) is 5.41 Å². The summed E-state index contributed by atoms with van der Waals surface area (Å²) in [5, 5.41) is 0. The Morgan fingerprint density at radius 3 is 2.14 bits per heavy atom. The molecule has 0 aromatic heterocycles. The van der Waals surface area contributed by atoms with Crippen LogP contribution in [0.25, 0.3) is 16.7 Å². The highest BCUT2D eigenvalue weighted by molar-refractivity contribution is 5.84. The molecule has 0 heteroatoms. The summed E-state index contributed by atoms with van der Waals surface area (Å²) in [5.74, 6) is 1.48. The molecule has 0 N–H and O–H groups in total. The lowest BCUT2D eigenvalue weighted by atomic mass is 9.60. The minimum Gasteiger partial charge on any atom is -0.0640 e. The van der Waals surface area contributed by atoms with Gasteiger partial charge in [-0.05, 0) is 118 Å². The molecule has 5 aliphatic rings. The predicted octanol–water partition coefficient (Wildman–Crippen LogP) is 9.57. The Kier molecular flexibility index (Phi) is 4.47. The second-order valence-electron chi connectivity index (χ2n) is 13.3. The molecule has 0 fully saturated rings. The Balaban J connectivity index is 1.31. The Hall–Kier alpha value is -2.60. The molecule has 0 saturated carbocycles. The first-order chi connectivity index (χ1) is 16.7. The van der Waals surface area contributed by atoms with Crippen LogP contribution < -0.4 is 0 Å². The summed E-state index contributed by atoms with van der Waals surface area (Å²) in [7, 11) is 0. The predicted molar refractivity (Wildman–Crippen MR) is 148 cm³/mol. The minimum atomic E-state index is 0.0728. The van der Waals surface area contributed by atoms with Gasteiger partial charge < -0.3 is 0 Å². The van der Waals surface area contributed by atoms with Crippen LogP contribution in [-0.2, 0) is 5.41 Å². The average molecular weight is 459 g/mol. The van der Waals surface area contributed by atoms with E-state index in [0.29, 0.717) is 5.41 Å². The van der Waals surface area contributed by atoms with Crippen LogP contribution in [0.1, 0.15) is 89.8 Å². The van der Waals surface area contributed by atoms with Gasteiger partial charge in [0.2, 0.25) is 0 Å². The van der Waals surface area contributed by atoms with E-state index in [1.165, 1.54) is 66.3 Å². The van der Waals surface area contributed by atoms with Gasteiger partial charge >= 0.3 is 0 Å². The lowest BCUT2D eigenvalue weighted by molar-refractivity contribution is 0.402. The van der Waals surface area contributed by atoms with Gasteiger partial charge in [-0.2, -0.15) is 0 Å². The van der Waals surface area contributed by atoms with Crippen LogP contribution in [0.15, 0.2) is 82.5 Å². The van der Waals surface area contributed by atoms with Gasteiger partial charge in [0.25, 0.3) is 0 Å². The standard InChI is InChI=1S/C35H38/c1-34(2,3)27-18-24-12-10-22-16-26(17-23-11-13-25(19-27)33(24)32(22)23)21-14-15-29-28-8-6-7-9-30(28)35(4,5)31(29)20-21/h6-9,14-16,19-20,23-24H,10-13,17-18H2,1-5H3. The topological polar surface area (TPSA) is 0 Å². The third kappa shape index (κ3) is 3.11. The van der Waals surface area contributed by atoms with Crippen molar-refractivity contribution >= 4 is 5.57 Å². The molecule has 178 valence electrons. The van der Waals surface area contributed by atoms with Gasteiger partial charge in [0, 0.05) is 5.41 Å². The lowest BCUT2D eigenvalue weighted by Gasteiger charge is -2.45. The van der Waals surface area contributed by atoms with Crippen LogP contribution in [0.2, 0.25) is 0 Å². The molecule has 0 amide bonds. The van der Waals surface area contributed by atoms with Crippen LogP contribution in [0.5, 0.6) is 0 Å². The van der Waals surface area contributed by atoms with E-state index in [9.17, 15) is 0 Å². The summed E-state index contributed by atoms with van der Waals surface area (Å²) in [6.07, 6.45) is 12.9. The van der Waals surface area contributed by atoms with Crippen molar-refractivity contribution in [2.75, 3.05) is 0 Å².